The van der Waals surface area contributed by atoms with E-state index in [1.807, 2.05) is 44.2 Å². The van der Waals surface area contributed by atoms with Crippen LogP contribution in [0.5, 0.6) is 0 Å². The third-order valence-electron chi connectivity index (χ3n) is 4.02. The number of amides is 1. The summed E-state index contributed by atoms with van der Waals surface area (Å²) in [5.41, 5.74) is 1.03. The lowest BCUT2D eigenvalue weighted by atomic mass is 9.77. The smallest absolute Gasteiger partial charge is 0.329 e. The lowest BCUT2D eigenvalue weighted by Crippen LogP contribution is -2.45. The van der Waals surface area contributed by atoms with Crippen LogP contribution >= 0.6 is 0 Å². The standard InChI is InChI=1S/C22H35NO3/c1-16(2)19(24)23-18(13-17-11-9-8-10-12-17)20(25)26-15-22(6,7)14-21(3,4)5/h8-12,16,18H,13-15H2,1-7H3,(H,23,24). The molecular weight excluding hydrogens is 326 g/mol. The van der Waals surface area contributed by atoms with E-state index in [9.17, 15) is 9.59 Å². The van der Waals surface area contributed by atoms with Crippen molar-refractivity contribution >= 4 is 11.9 Å². The van der Waals surface area contributed by atoms with Gasteiger partial charge in [-0.15, -0.1) is 0 Å². The molecule has 4 heteroatoms. The number of nitrogens with one attached hydrogen (secondary N) is 1. The summed E-state index contributed by atoms with van der Waals surface area (Å²) in [4.78, 5) is 24.8. The molecule has 26 heavy (non-hydrogen) atoms. The topological polar surface area (TPSA) is 55.4 Å². The Morgan fingerprint density at radius 2 is 1.62 bits per heavy atom. The summed E-state index contributed by atoms with van der Waals surface area (Å²) in [6.45, 7) is 14.7. The average molecular weight is 362 g/mol. The van der Waals surface area contributed by atoms with Gasteiger partial charge in [-0.25, -0.2) is 4.79 Å². The fourth-order valence-electron chi connectivity index (χ4n) is 3.24. The SMILES string of the molecule is CC(C)C(=O)NC(Cc1ccccc1)C(=O)OCC(C)(C)CC(C)(C)C. The summed E-state index contributed by atoms with van der Waals surface area (Å²) in [5, 5.41) is 2.84. The average Bonchev–Trinajstić information content (AvgIpc) is 2.50. The molecule has 0 spiro atoms. The van der Waals surface area contributed by atoms with Crippen LogP contribution in [0, 0.1) is 16.7 Å². The quantitative estimate of drug-likeness (QED) is 0.699. The second kappa shape index (κ2) is 9.20. The summed E-state index contributed by atoms with van der Waals surface area (Å²) in [5.74, 6) is -0.694. The molecular formula is C22H35NO3. The lowest BCUT2D eigenvalue weighted by molar-refractivity contribution is -0.151. The summed E-state index contributed by atoms with van der Waals surface area (Å²) < 4.78 is 5.61. The molecule has 0 heterocycles. The number of hydrogen-bond acceptors (Lipinski definition) is 3. The predicted molar refractivity (Wildman–Crippen MR) is 106 cm³/mol. The summed E-state index contributed by atoms with van der Waals surface area (Å²) in [6, 6.07) is 9.01. The summed E-state index contributed by atoms with van der Waals surface area (Å²) in [6.07, 6.45) is 1.37. The van der Waals surface area contributed by atoms with Crippen LogP contribution in [0.25, 0.3) is 0 Å². The van der Waals surface area contributed by atoms with Gasteiger partial charge in [-0.1, -0.05) is 78.8 Å². The van der Waals surface area contributed by atoms with E-state index >= 15 is 0 Å². The Bertz CT molecular complexity index is 585. The summed E-state index contributed by atoms with van der Waals surface area (Å²) >= 11 is 0. The molecule has 1 aromatic rings. The van der Waals surface area contributed by atoms with Gasteiger partial charge in [0.25, 0.3) is 0 Å². The van der Waals surface area contributed by atoms with E-state index in [2.05, 4.69) is 39.9 Å². The maximum absolute atomic E-state index is 12.7. The monoisotopic (exact) mass is 361 g/mol. The molecule has 0 aromatic heterocycles. The molecule has 0 aliphatic rings. The van der Waals surface area contributed by atoms with E-state index in [1.54, 1.807) is 0 Å². The van der Waals surface area contributed by atoms with E-state index in [0.717, 1.165) is 12.0 Å². The van der Waals surface area contributed by atoms with Crippen LogP contribution < -0.4 is 5.32 Å². The molecule has 0 radical (unpaired) electrons. The largest absolute Gasteiger partial charge is 0.464 e. The zero-order valence-corrected chi connectivity index (χ0v) is 17.4. The van der Waals surface area contributed by atoms with Crippen molar-refractivity contribution in [3.8, 4) is 0 Å². The minimum atomic E-state index is -0.669. The van der Waals surface area contributed by atoms with Crippen molar-refractivity contribution in [2.24, 2.45) is 16.7 Å². The first-order valence-corrected chi connectivity index (χ1v) is 9.40. The number of rotatable bonds is 8. The van der Waals surface area contributed by atoms with Crippen molar-refractivity contribution in [3.05, 3.63) is 35.9 Å². The van der Waals surface area contributed by atoms with Gasteiger partial charge in [-0.2, -0.15) is 0 Å². The predicted octanol–water partition coefficient (Wildman–Crippen LogP) is 4.38. The molecule has 1 unspecified atom stereocenters. The molecule has 0 saturated carbocycles. The Hall–Kier alpha value is -1.84. The molecule has 0 fully saturated rings. The summed E-state index contributed by atoms with van der Waals surface area (Å²) in [7, 11) is 0. The highest BCUT2D eigenvalue weighted by Gasteiger charge is 2.29. The number of esters is 1. The zero-order valence-electron chi connectivity index (χ0n) is 17.4. The lowest BCUT2D eigenvalue weighted by Gasteiger charge is -2.32. The fourth-order valence-corrected chi connectivity index (χ4v) is 3.24. The second-order valence-electron chi connectivity index (χ2n) is 9.41. The van der Waals surface area contributed by atoms with Crippen molar-refractivity contribution in [1.82, 2.24) is 5.32 Å². The molecule has 1 amide bonds. The van der Waals surface area contributed by atoms with Gasteiger partial charge in [-0.3, -0.25) is 4.79 Å². The van der Waals surface area contributed by atoms with Crippen LogP contribution in [-0.2, 0) is 20.7 Å². The number of carbonyl (C=O) groups is 2. The Kier molecular flexibility index (Phi) is 7.86. The highest BCUT2D eigenvalue weighted by atomic mass is 16.5. The third kappa shape index (κ3) is 8.50. The highest BCUT2D eigenvalue weighted by molar-refractivity contribution is 5.85. The molecule has 0 aliphatic heterocycles. The van der Waals surface area contributed by atoms with Gasteiger partial charge < -0.3 is 10.1 Å². The molecule has 4 nitrogen and oxygen atoms in total. The zero-order chi connectivity index (χ0) is 20.0. The second-order valence-corrected chi connectivity index (χ2v) is 9.41. The van der Waals surface area contributed by atoms with Crippen molar-refractivity contribution in [2.45, 2.75) is 67.3 Å². The van der Waals surface area contributed by atoms with E-state index in [0.29, 0.717) is 13.0 Å². The number of ether oxygens (including phenoxy) is 1. The van der Waals surface area contributed by atoms with E-state index in [-0.39, 0.29) is 28.6 Å². The van der Waals surface area contributed by atoms with Crippen LogP contribution in [-0.4, -0.2) is 24.5 Å². The Balaban J connectivity index is 2.78. The number of carbonyl (C=O) groups excluding carboxylic acids is 2. The van der Waals surface area contributed by atoms with Crippen molar-refractivity contribution in [1.29, 1.82) is 0 Å². The normalized spacial score (nSPS) is 13.4. The van der Waals surface area contributed by atoms with Crippen molar-refractivity contribution < 1.29 is 14.3 Å². The molecule has 1 N–H and O–H groups in total. The maximum Gasteiger partial charge on any atom is 0.329 e. The van der Waals surface area contributed by atoms with Gasteiger partial charge in [0.05, 0.1) is 6.61 Å². The van der Waals surface area contributed by atoms with Crippen LogP contribution in [0.3, 0.4) is 0 Å². The van der Waals surface area contributed by atoms with Gasteiger partial charge in [0.15, 0.2) is 0 Å². The van der Waals surface area contributed by atoms with E-state index < -0.39 is 6.04 Å². The first-order chi connectivity index (χ1) is 11.9. The molecule has 146 valence electrons. The fraction of sp³-hybridized carbons (Fsp3) is 0.636. The van der Waals surface area contributed by atoms with E-state index in [1.165, 1.54) is 0 Å². The minimum absolute atomic E-state index is 0.118. The van der Waals surface area contributed by atoms with Crippen LogP contribution in [0.15, 0.2) is 30.3 Å². The first kappa shape index (κ1) is 22.2. The van der Waals surface area contributed by atoms with Crippen molar-refractivity contribution in [2.75, 3.05) is 6.61 Å². The Morgan fingerprint density at radius 1 is 1.04 bits per heavy atom. The molecule has 0 aliphatic carbocycles. The number of hydrogen-bond donors (Lipinski definition) is 1. The minimum Gasteiger partial charge on any atom is -0.464 e. The molecule has 1 rings (SSSR count). The third-order valence-corrected chi connectivity index (χ3v) is 4.02. The number of benzene rings is 1. The van der Waals surface area contributed by atoms with Crippen LogP contribution in [0.4, 0.5) is 0 Å². The molecule has 0 bridgehead atoms. The van der Waals surface area contributed by atoms with Gasteiger partial charge in [-0.05, 0) is 22.8 Å². The van der Waals surface area contributed by atoms with E-state index in [4.69, 9.17) is 4.74 Å². The van der Waals surface area contributed by atoms with Crippen LogP contribution in [0.2, 0.25) is 0 Å². The van der Waals surface area contributed by atoms with Gasteiger partial charge in [0.2, 0.25) is 5.91 Å². The van der Waals surface area contributed by atoms with Gasteiger partial charge in [0.1, 0.15) is 6.04 Å². The maximum atomic E-state index is 12.7. The van der Waals surface area contributed by atoms with Crippen molar-refractivity contribution in [3.63, 3.8) is 0 Å². The molecule has 1 aromatic carbocycles. The van der Waals surface area contributed by atoms with Crippen LogP contribution in [0.1, 0.15) is 60.5 Å². The molecule has 1 atom stereocenters. The Morgan fingerprint density at radius 3 is 2.12 bits per heavy atom. The first-order valence-electron chi connectivity index (χ1n) is 9.40. The van der Waals surface area contributed by atoms with Gasteiger partial charge >= 0.3 is 5.97 Å². The van der Waals surface area contributed by atoms with Gasteiger partial charge in [0, 0.05) is 12.3 Å². The highest BCUT2D eigenvalue weighted by Crippen LogP contribution is 2.33. The Labute approximate surface area is 158 Å². The molecule has 0 saturated heterocycles.